The summed E-state index contributed by atoms with van der Waals surface area (Å²) in [6.07, 6.45) is 6.63. The number of nitrogens with one attached hydrogen (secondary N) is 1. The lowest BCUT2D eigenvalue weighted by Crippen LogP contribution is -2.45. The van der Waals surface area contributed by atoms with E-state index in [0.29, 0.717) is 6.04 Å². The van der Waals surface area contributed by atoms with E-state index in [9.17, 15) is 4.79 Å². The Morgan fingerprint density at radius 3 is 2.80 bits per heavy atom. The summed E-state index contributed by atoms with van der Waals surface area (Å²) in [6.45, 7) is 2.66. The number of hydrogen-bond acceptors (Lipinski definition) is 4. The van der Waals surface area contributed by atoms with Gasteiger partial charge in [0, 0.05) is 24.7 Å². The molecule has 3 rings (SSSR count). The van der Waals surface area contributed by atoms with Crippen molar-refractivity contribution in [2.75, 3.05) is 27.3 Å². The van der Waals surface area contributed by atoms with E-state index in [-0.39, 0.29) is 11.8 Å². The summed E-state index contributed by atoms with van der Waals surface area (Å²) in [5.41, 5.74) is 1.13. The zero-order valence-corrected chi connectivity index (χ0v) is 15.4. The molecular weight excluding hydrogens is 316 g/mol. The molecule has 1 saturated heterocycles. The van der Waals surface area contributed by atoms with Gasteiger partial charge in [0.05, 0.1) is 20.1 Å². The summed E-state index contributed by atoms with van der Waals surface area (Å²) < 4.78 is 11.1. The molecule has 138 valence electrons. The zero-order valence-electron chi connectivity index (χ0n) is 15.4. The van der Waals surface area contributed by atoms with E-state index in [4.69, 9.17) is 9.47 Å². The van der Waals surface area contributed by atoms with Crippen molar-refractivity contribution >= 4 is 5.91 Å². The highest BCUT2D eigenvalue weighted by molar-refractivity contribution is 5.79. The van der Waals surface area contributed by atoms with E-state index in [1.165, 1.54) is 6.42 Å². The van der Waals surface area contributed by atoms with E-state index < -0.39 is 0 Å². The molecule has 2 atom stereocenters. The molecule has 1 aliphatic heterocycles. The van der Waals surface area contributed by atoms with E-state index in [0.717, 1.165) is 68.8 Å². The molecule has 2 aliphatic rings. The first-order chi connectivity index (χ1) is 12.2. The number of ether oxygens (including phenoxy) is 2. The van der Waals surface area contributed by atoms with E-state index in [2.05, 4.69) is 16.3 Å². The molecule has 1 saturated carbocycles. The number of hydrogen-bond donors (Lipinski definition) is 1. The predicted octanol–water partition coefficient (Wildman–Crippen LogP) is 2.97. The molecule has 1 aromatic rings. The first-order valence-electron chi connectivity index (χ1n) is 9.46. The Labute approximate surface area is 150 Å². The SMILES string of the molecule is COc1cccc(CN2CCCCCNC(=O)[C@@H]3CCC[C@@H]32)c1OC. The van der Waals surface area contributed by atoms with Crippen molar-refractivity contribution in [2.45, 2.75) is 51.1 Å². The van der Waals surface area contributed by atoms with Crippen molar-refractivity contribution in [3.8, 4) is 11.5 Å². The minimum absolute atomic E-state index is 0.120. The van der Waals surface area contributed by atoms with Crippen molar-refractivity contribution in [2.24, 2.45) is 5.92 Å². The number of rotatable bonds is 4. The maximum atomic E-state index is 12.6. The summed E-state index contributed by atoms with van der Waals surface area (Å²) >= 11 is 0. The predicted molar refractivity (Wildman–Crippen MR) is 97.9 cm³/mol. The van der Waals surface area contributed by atoms with Gasteiger partial charge in [-0.15, -0.1) is 0 Å². The molecule has 0 unspecified atom stereocenters. The Kier molecular flexibility index (Phi) is 6.19. The highest BCUT2D eigenvalue weighted by Gasteiger charge is 2.37. The van der Waals surface area contributed by atoms with Gasteiger partial charge < -0.3 is 14.8 Å². The number of methoxy groups -OCH3 is 2. The normalized spacial score (nSPS) is 25.1. The van der Waals surface area contributed by atoms with Gasteiger partial charge in [0.25, 0.3) is 0 Å². The molecule has 5 nitrogen and oxygen atoms in total. The molecule has 1 heterocycles. The van der Waals surface area contributed by atoms with Crippen LogP contribution >= 0.6 is 0 Å². The lowest BCUT2D eigenvalue weighted by Gasteiger charge is -2.34. The summed E-state index contributed by atoms with van der Waals surface area (Å²) in [6, 6.07) is 6.37. The van der Waals surface area contributed by atoms with Crippen molar-refractivity contribution in [1.29, 1.82) is 0 Å². The summed E-state index contributed by atoms with van der Waals surface area (Å²) in [5, 5.41) is 3.14. The number of para-hydroxylation sites is 1. The zero-order chi connectivity index (χ0) is 17.6. The molecule has 0 spiro atoms. The molecule has 0 bridgehead atoms. The van der Waals surface area contributed by atoms with Gasteiger partial charge in [-0.25, -0.2) is 0 Å². The molecule has 2 fully saturated rings. The van der Waals surface area contributed by atoms with Crippen LogP contribution in [0.5, 0.6) is 11.5 Å². The fraction of sp³-hybridized carbons (Fsp3) is 0.650. The quantitative estimate of drug-likeness (QED) is 0.911. The largest absolute Gasteiger partial charge is 0.493 e. The van der Waals surface area contributed by atoms with E-state index >= 15 is 0 Å². The van der Waals surface area contributed by atoms with Crippen molar-refractivity contribution in [1.82, 2.24) is 10.2 Å². The Hall–Kier alpha value is -1.75. The van der Waals surface area contributed by atoms with Crippen LogP contribution in [-0.4, -0.2) is 44.2 Å². The van der Waals surface area contributed by atoms with Crippen LogP contribution in [0.3, 0.4) is 0 Å². The van der Waals surface area contributed by atoms with Gasteiger partial charge in [-0.2, -0.15) is 0 Å². The van der Waals surface area contributed by atoms with E-state index in [1.807, 2.05) is 12.1 Å². The molecule has 1 aliphatic carbocycles. The van der Waals surface area contributed by atoms with Crippen molar-refractivity contribution < 1.29 is 14.3 Å². The average Bonchev–Trinajstić information content (AvgIpc) is 3.12. The van der Waals surface area contributed by atoms with Crippen LogP contribution in [0.2, 0.25) is 0 Å². The van der Waals surface area contributed by atoms with Crippen LogP contribution in [0.15, 0.2) is 18.2 Å². The lowest BCUT2D eigenvalue weighted by atomic mass is 9.98. The number of benzene rings is 1. The first-order valence-corrected chi connectivity index (χ1v) is 9.46. The summed E-state index contributed by atoms with van der Waals surface area (Å²) in [5.74, 6) is 1.93. The second-order valence-electron chi connectivity index (χ2n) is 7.08. The maximum Gasteiger partial charge on any atom is 0.224 e. The fourth-order valence-electron chi connectivity index (χ4n) is 4.30. The van der Waals surface area contributed by atoms with Crippen LogP contribution < -0.4 is 14.8 Å². The number of fused-ring (bicyclic) bond motifs is 1. The molecule has 25 heavy (non-hydrogen) atoms. The van der Waals surface area contributed by atoms with Gasteiger partial charge in [0.1, 0.15) is 0 Å². The molecule has 5 heteroatoms. The van der Waals surface area contributed by atoms with Gasteiger partial charge >= 0.3 is 0 Å². The van der Waals surface area contributed by atoms with Crippen molar-refractivity contribution in [3.05, 3.63) is 23.8 Å². The first kappa shape index (κ1) is 18.1. The summed E-state index contributed by atoms with van der Waals surface area (Å²) in [7, 11) is 3.36. The Balaban J connectivity index is 1.84. The van der Waals surface area contributed by atoms with Gasteiger partial charge in [0.15, 0.2) is 11.5 Å². The summed E-state index contributed by atoms with van der Waals surface area (Å²) in [4.78, 5) is 15.1. The highest BCUT2D eigenvalue weighted by atomic mass is 16.5. The smallest absolute Gasteiger partial charge is 0.224 e. The number of carbonyl (C=O) groups is 1. The lowest BCUT2D eigenvalue weighted by molar-refractivity contribution is -0.126. The van der Waals surface area contributed by atoms with Crippen LogP contribution in [0.25, 0.3) is 0 Å². The highest BCUT2D eigenvalue weighted by Crippen LogP contribution is 2.35. The average molecular weight is 346 g/mol. The number of carbonyl (C=O) groups excluding carboxylic acids is 1. The second-order valence-corrected chi connectivity index (χ2v) is 7.08. The monoisotopic (exact) mass is 346 g/mol. The second kappa shape index (κ2) is 8.56. The third kappa shape index (κ3) is 4.09. The third-order valence-electron chi connectivity index (χ3n) is 5.56. The van der Waals surface area contributed by atoms with Crippen molar-refractivity contribution in [3.63, 3.8) is 0 Å². The molecule has 0 aromatic heterocycles. The molecule has 1 amide bonds. The van der Waals surface area contributed by atoms with Crippen LogP contribution in [0.1, 0.15) is 44.1 Å². The Morgan fingerprint density at radius 1 is 1.12 bits per heavy atom. The van der Waals surface area contributed by atoms with E-state index in [1.54, 1.807) is 14.2 Å². The topological polar surface area (TPSA) is 50.8 Å². The van der Waals surface area contributed by atoms with Crippen LogP contribution in [-0.2, 0) is 11.3 Å². The van der Waals surface area contributed by atoms with Gasteiger partial charge in [-0.05, 0) is 38.3 Å². The standard InChI is InChI=1S/C20H30N2O3/c1-24-18-11-6-8-15(19(18)25-2)14-22-13-5-3-4-12-21-20(23)16-9-7-10-17(16)22/h6,8,11,16-17H,3-5,7,9-10,12-14H2,1-2H3,(H,21,23)/t16-,17+/m1/s1. The molecular formula is C20H30N2O3. The fourth-order valence-corrected chi connectivity index (χ4v) is 4.30. The van der Waals surface area contributed by atoms with Gasteiger partial charge in [-0.1, -0.05) is 25.0 Å². The van der Waals surface area contributed by atoms with Crippen LogP contribution in [0, 0.1) is 5.92 Å². The van der Waals surface area contributed by atoms with Gasteiger partial charge in [-0.3, -0.25) is 9.69 Å². The Morgan fingerprint density at radius 2 is 2.00 bits per heavy atom. The maximum absolute atomic E-state index is 12.6. The number of nitrogens with zero attached hydrogens (tertiary/aromatic N) is 1. The minimum atomic E-state index is 0.120. The Bertz CT molecular complexity index is 590. The third-order valence-corrected chi connectivity index (χ3v) is 5.56. The number of amides is 1. The molecule has 1 N–H and O–H groups in total. The minimum Gasteiger partial charge on any atom is -0.493 e. The molecule has 0 radical (unpaired) electrons. The van der Waals surface area contributed by atoms with Gasteiger partial charge in [0.2, 0.25) is 5.91 Å². The molecule has 1 aromatic carbocycles. The van der Waals surface area contributed by atoms with Crippen LogP contribution in [0.4, 0.5) is 0 Å².